The molecule has 0 radical (unpaired) electrons. The van der Waals surface area contributed by atoms with Gasteiger partial charge in [-0.3, -0.25) is 14.9 Å². The molecular formula is C16H12IN3O4S. The molecule has 0 saturated carbocycles. The summed E-state index contributed by atoms with van der Waals surface area (Å²) >= 11 is 3.34. The first-order valence-corrected chi connectivity index (χ1v) is 9.57. The topological polar surface area (TPSA) is 109 Å². The van der Waals surface area contributed by atoms with E-state index in [2.05, 4.69) is 9.97 Å². The quantitative estimate of drug-likeness (QED) is 0.338. The second-order valence-electron chi connectivity index (χ2n) is 5.89. The van der Waals surface area contributed by atoms with Crippen LogP contribution < -0.4 is 5.56 Å². The molecule has 2 aromatic heterocycles. The number of nitrogens with zero attached hydrogens (tertiary/aromatic N) is 2. The van der Waals surface area contributed by atoms with E-state index in [-0.39, 0.29) is 17.1 Å². The number of rotatable bonds is 2. The third kappa shape index (κ3) is 2.71. The van der Waals surface area contributed by atoms with Crippen LogP contribution in [0.2, 0.25) is 0 Å². The van der Waals surface area contributed by atoms with Gasteiger partial charge in [-0.15, -0.1) is 11.3 Å². The normalized spacial score (nSPS) is 13.8. The molecule has 1 aromatic carbocycles. The van der Waals surface area contributed by atoms with Crippen LogP contribution in [-0.4, -0.2) is 20.0 Å². The molecule has 0 saturated heterocycles. The predicted molar refractivity (Wildman–Crippen MR) is 103 cm³/mol. The van der Waals surface area contributed by atoms with Crippen molar-refractivity contribution in [2.24, 2.45) is 0 Å². The molecule has 1 aliphatic carbocycles. The number of nitro groups is 1. The first-order valence-electron chi connectivity index (χ1n) is 7.67. The maximum Gasteiger partial charge on any atom is 0.312 e. The fourth-order valence-corrected chi connectivity index (χ4v) is 5.03. The molecule has 0 atom stereocenters. The Morgan fingerprint density at radius 3 is 2.84 bits per heavy atom. The first-order chi connectivity index (χ1) is 12.0. The van der Waals surface area contributed by atoms with Crippen molar-refractivity contribution in [3.63, 3.8) is 0 Å². The Hall–Kier alpha value is -2.01. The molecule has 7 nitrogen and oxygen atoms in total. The number of aromatic amines is 1. The average Bonchev–Trinajstić information content (AvgIpc) is 2.95. The smallest absolute Gasteiger partial charge is 0.312 e. The molecule has 0 fully saturated rings. The number of fused-ring (bicyclic) bond motifs is 3. The minimum Gasteiger partial charge on any atom is -0.501 e. The van der Waals surface area contributed by atoms with Crippen molar-refractivity contribution >= 4 is 49.8 Å². The lowest BCUT2D eigenvalue weighted by atomic mass is 9.97. The minimum absolute atomic E-state index is 0.217. The zero-order valence-electron chi connectivity index (χ0n) is 12.8. The Balaban J connectivity index is 1.94. The Morgan fingerprint density at radius 2 is 2.08 bits per heavy atom. The van der Waals surface area contributed by atoms with Gasteiger partial charge < -0.3 is 10.1 Å². The van der Waals surface area contributed by atoms with Gasteiger partial charge in [-0.2, -0.15) is 0 Å². The fraction of sp³-hybridized carbons (Fsp3) is 0.250. The molecule has 9 heteroatoms. The first kappa shape index (κ1) is 16.5. The van der Waals surface area contributed by atoms with E-state index in [1.807, 2.05) is 22.6 Å². The number of hydrogen-bond donors (Lipinski definition) is 2. The van der Waals surface area contributed by atoms with Gasteiger partial charge in [-0.25, -0.2) is 4.98 Å². The van der Waals surface area contributed by atoms with Crippen molar-refractivity contribution in [3.8, 4) is 17.1 Å². The van der Waals surface area contributed by atoms with Crippen LogP contribution in [0.3, 0.4) is 0 Å². The van der Waals surface area contributed by atoms with Crippen molar-refractivity contribution in [2.75, 3.05) is 0 Å². The Morgan fingerprint density at radius 1 is 1.32 bits per heavy atom. The van der Waals surface area contributed by atoms with Gasteiger partial charge in [0.15, 0.2) is 0 Å². The van der Waals surface area contributed by atoms with Crippen LogP contribution in [0.4, 0.5) is 5.69 Å². The standard InChI is InChI=1S/C16H12IN3O4S/c17-9-5-7(6-10(13(9)21)20(23)24)14-18-15(22)12-8-3-1-2-4-11(8)25-16(12)19-14/h5-6,21H,1-4H2,(H,18,19,22). The zero-order valence-corrected chi connectivity index (χ0v) is 15.8. The summed E-state index contributed by atoms with van der Waals surface area (Å²) < 4.78 is 0.329. The van der Waals surface area contributed by atoms with Crippen LogP contribution in [0.15, 0.2) is 16.9 Å². The predicted octanol–water partition coefficient (Wildman–Crippen LogP) is 3.75. The second kappa shape index (κ2) is 6.06. The molecule has 2 heterocycles. The molecule has 0 spiro atoms. The third-order valence-electron chi connectivity index (χ3n) is 4.34. The fourth-order valence-electron chi connectivity index (χ4n) is 3.16. The number of thiophene rings is 1. The molecule has 0 bridgehead atoms. The van der Waals surface area contributed by atoms with E-state index in [0.717, 1.165) is 31.2 Å². The summed E-state index contributed by atoms with van der Waals surface area (Å²) in [7, 11) is 0. The number of benzene rings is 1. The van der Waals surface area contributed by atoms with Crippen molar-refractivity contribution in [2.45, 2.75) is 25.7 Å². The molecular weight excluding hydrogens is 457 g/mol. The summed E-state index contributed by atoms with van der Waals surface area (Å²) in [5.41, 5.74) is 0.873. The molecule has 0 unspecified atom stereocenters. The van der Waals surface area contributed by atoms with E-state index < -0.39 is 10.6 Å². The van der Waals surface area contributed by atoms with Crippen LogP contribution in [0.25, 0.3) is 21.6 Å². The van der Waals surface area contributed by atoms with Gasteiger partial charge in [0.05, 0.1) is 13.9 Å². The lowest BCUT2D eigenvalue weighted by Gasteiger charge is -2.09. The summed E-state index contributed by atoms with van der Waals surface area (Å²) in [6.07, 6.45) is 4.05. The Bertz CT molecular complexity index is 1090. The number of H-pyrrole nitrogens is 1. The summed E-state index contributed by atoms with van der Waals surface area (Å²) in [5.74, 6) is -0.110. The number of nitro benzene ring substituents is 1. The minimum atomic E-state index is -0.651. The van der Waals surface area contributed by atoms with E-state index in [0.29, 0.717) is 19.4 Å². The SMILES string of the molecule is O=c1[nH]c(-c2cc(I)c(O)c([N+](=O)[O-])c2)nc2sc3c(c12)CCCC3. The number of hydrogen-bond acceptors (Lipinski definition) is 6. The van der Waals surface area contributed by atoms with Gasteiger partial charge in [-0.1, -0.05) is 0 Å². The van der Waals surface area contributed by atoms with E-state index in [9.17, 15) is 20.0 Å². The summed E-state index contributed by atoms with van der Waals surface area (Å²) in [6, 6.07) is 2.80. The third-order valence-corrected chi connectivity index (χ3v) is 6.35. The van der Waals surface area contributed by atoms with Crippen LogP contribution in [0.1, 0.15) is 23.3 Å². The monoisotopic (exact) mass is 469 g/mol. The van der Waals surface area contributed by atoms with Crippen molar-refractivity contribution in [3.05, 3.63) is 46.6 Å². The maximum absolute atomic E-state index is 12.6. The number of phenols is 1. The molecule has 25 heavy (non-hydrogen) atoms. The molecule has 4 rings (SSSR count). The number of aryl methyl sites for hydroxylation is 2. The molecule has 3 aromatic rings. The van der Waals surface area contributed by atoms with Gasteiger partial charge >= 0.3 is 5.69 Å². The molecule has 128 valence electrons. The second-order valence-corrected chi connectivity index (χ2v) is 8.13. The number of aromatic hydroxyl groups is 1. The number of phenolic OH excluding ortho intramolecular Hbond substituents is 1. The van der Waals surface area contributed by atoms with Crippen LogP contribution >= 0.6 is 33.9 Å². The number of halogens is 1. The lowest BCUT2D eigenvalue weighted by Crippen LogP contribution is -2.11. The zero-order chi connectivity index (χ0) is 17.7. The Kier molecular flexibility index (Phi) is 3.99. The highest BCUT2D eigenvalue weighted by Crippen LogP contribution is 2.37. The Labute approximate surface area is 159 Å². The van der Waals surface area contributed by atoms with Gasteiger partial charge in [0, 0.05) is 16.5 Å². The lowest BCUT2D eigenvalue weighted by molar-refractivity contribution is -0.385. The van der Waals surface area contributed by atoms with Crippen molar-refractivity contribution < 1.29 is 10.0 Å². The van der Waals surface area contributed by atoms with E-state index in [1.165, 1.54) is 22.3 Å². The highest BCUT2D eigenvalue weighted by molar-refractivity contribution is 14.1. The van der Waals surface area contributed by atoms with E-state index >= 15 is 0 Å². The number of aromatic nitrogens is 2. The van der Waals surface area contributed by atoms with Crippen LogP contribution in [-0.2, 0) is 12.8 Å². The summed E-state index contributed by atoms with van der Waals surface area (Å²) in [6.45, 7) is 0. The summed E-state index contributed by atoms with van der Waals surface area (Å²) in [5, 5.41) is 21.6. The molecule has 0 amide bonds. The van der Waals surface area contributed by atoms with E-state index in [1.54, 1.807) is 6.07 Å². The summed E-state index contributed by atoms with van der Waals surface area (Å²) in [4.78, 5) is 32.2. The average molecular weight is 469 g/mol. The highest BCUT2D eigenvalue weighted by Gasteiger charge is 2.22. The van der Waals surface area contributed by atoms with Crippen LogP contribution in [0.5, 0.6) is 5.75 Å². The van der Waals surface area contributed by atoms with Crippen LogP contribution in [0, 0.1) is 13.7 Å². The van der Waals surface area contributed by atoms with Gasteiger partial charge in [0.2, 0.25) is 5.75 Å². The number of nitrogens with one attached hydrogen (secondary N) is 1. The molecule has 2 N–H and O–H groups in total. The van der Waals surface area contributed by atoms with E-state index in [4.69, 9.17) is 0 Å². The largest absolute Gasteiger partial charge is 0.501 e. The van der Waals surface area contributed by atoms with Gasteiger partial charge in [0.1, 0.15) is 10.7 Å². The van der Waals surface area contributed by atoms with Crippen molar-refractivity contribution in [1.29, 1.82) is 0 Å². The maximum atomic E-state index is 12.6. The van der Waals surface area contributed by atoms with Gasteiger partial charge in [0.25, 0.3) is 5.56 Å². The molecule has 0 aliphatic heterocycles. The highest BCUT2D eigenvalue weighted by atomic mass is 127. The molecule has 1 aliphatic rings. The van der Waals surface area contributed by atoms with Gasteiger partial charge in [-0.05, 0) is 59.9 Å². The van der Waals surface area contributed by atoms with Crippen molar-refractivity contribution in [1.82, 2.24) is 9.97 Å².